The number of H-pyrrole nitrogens is 1. The van der Waals surface area contributed by atoms with Crippen molar-refractivity contribution in [2.24, 2.45) is 0 Å². The van der Waals surface area contributed by atoms with E-state index in [0.29, 0.717) is 11.3 Å². The number of benzene rings is 1. The van der Waals surface area contributed by atoms with E-state index in [0.717, 1.165) is 21.7 Å². The summed E-state index contributed by atoms with van der Waals surface area (Å²) in [6, 6.07) is 7.90. The Labute approximate surface area is 147 Å². The first-order chi connectivity index (χ1) is 10.5. The summed E-state index contributed by atoms with van der Waals surface area (Å²) >= 11 is 10.0. The Bertz CT molecular complexity index is 696. The van der Waals surface area contributed by atoms with Gasteiger partial charge in [0.05, 0.1) is 11.8 Å². The van der Waals surface area contributed by atoms with Crippen LogP contribution in [-0.4, -0.2) is 25.9 Å². The standard InChI is InChI=1S/C14H17BrN4OS2/c1-3-19-12(17-18-14(19)21)8-16-13(20)9(2)22-11-6-4-10(15)5-7-11/h4-7,9H,3,8H2,1-2H3,(H,16,20)(H,18,21). The van der Waals surface area contributed by atoms with Gasteiger partial charge in [-0.15, -0.1) is 11.8 Å². The number of carbonyl (C=O) groups excluding carboxylic acids is 1. The Morgan fingerprint density at radius 2 is 2.18 bits per heavy atom. The molecule has 0 bridgehead atoms. The molecule has 0 saturated heterocycles. The fourth-order valence-electron chi connectivity index (χ4n) is 1.89. The van der Waals surface area contributed by atoms with Gasteiger partial charge in [0, 0.05) is 15.9 Å². The molecule has 2 aromatic rings. The highest BCUT2D eigenvalue weighted by Gasteiger charge is 2.15. The predicted octanol–water partition coefficient (Wildman–Crippen LogP) is 3.52. The van der Waals surface area contributed by atoms with Crippen molar-refractivity contribution in [2.75, 3.05) is 0 Å². The van der Waals surface area contributed by atoms with Crippen molar-refractivity contribution in [3.8, 4) is 0 Å². The second-order valence-electron chi connectivity index (χ2n) is 4.62. The van der Waals surface area contributed by atoms with Gasteiger partial charge in [-0.25, -0.2) is 0 Å². The second kappa shape index (κ2) is 7.94. The zero-order chi connectivity index (χ0) is 16.1. The number of amides is 1. The normalized spacial score (nSPS) is 12.1. The number of nitrogens with one attached hydrogen (secondary N) is 2. The van der Waals surface area contributed by atoms with Gasteiger partial charge >= 0.3 is 0 Å². The number of hydrogen-bond acceptors (Lipinski definition) is 4. The number of hydrogen-bond donors (Lipinski definition) is 2. The van der Waals surface area contributed by atoms with Gasteiger partial charge in [-0.1, -0.05) is 15.9 Å². The quantitative estimate of drug-likeness (QED) is 0.574. The molecule has 1 aromatic carbocycles. The molecule has 8 heteroatoms. The molecule has 1 aromatic heterocycles. The van der Waals surface area contributed by atoms with Crippen LogP contribution in [-0.2, 0) is 17.9 Å². The Kier molecular flexibility index (Phi) is 6.22. The zero-order valence-corrected chi connectivity index (χ0v) is 15.5. The van der Waals surface area contributed by atoms with Crippen molar-refractivity contribution in [1.82, 2.24) is 20.1 Å². The molecule has 0 fully saturated rings. The van der Waals surface area contributed by atoms with Gasteiger partial charge < -0.3 is 9.88 Å². The molecule has 118 valence electrons. The summed E-state index contributed by atoms with van der Waals surface area (Å²) in [5.41, 5.74) is 0. The molecular weight excluding hydrogens is 384 g/mol. The van der Waals surface area contributed by atoms with Crippen LogP contribution in [0.5, 0.6) is 0 Å². The molecule has 1 atom stereocenters. The van der Waals surface area contributed by atoms with Crippen LogP contribution in [0.3, 0.4) is 0 Å². The molecule has 0 spiro atoms. The molecule has 0 saturated carbocycles. The number of aromatic nitrogens is 3. The number of nitrogens with zero attached hydrogens (tertiary/aromatic N) is 2. The van der Waals surface area contributed by atoms with Crippen LogP contribution in [0.1, 0.15) is 19.7 Å². The van der Waals surface area contributed by atoms with E-state index >= 15 is 0 Å². The number of halogens is 1. The van der Waals surface area contributed by atoms with Crippen molar-refractivity contribution < 1.29 is 4.79 Å². The maximum Gasteiger partial charge on any atom is 0.233 e. The maximum absolute atomic E-state index is 12.2. The van der Waals surface area contributed by atoms with Gasteiger partial charge in [0.15, 0.2) is 10.6 Å². The molecule has 0 radical (unpaired) electrons. The lowest BCUT2D eigenvalue weighted by Crippen LogP contribution is -2.31. The largest absolute Gasteiger partial charge is 0.348 e. The number of thioether (sulfide) groups is 1. The maximum atomic E-state index is 12.2. The van der Waals surface area contributed by atoms with E-state index in [9.17, 15) is 4.79 Å². The molecule has 1 heterocycles. The van der Waals surface area contributed by atoms with Crippen LogP contribution in [0.15, 0.2) is 33.6 Å². The SMILES string of the molecule is CCn1c(CNC(=O)C(C)Sc2ccc(Br)cc2)n[nH]c1=S. The first kappa shape index (κ1) is 17.2. The third kappa shape index (κ3) is 4.44. The number of carbonyl (C=O) groups is 1. The predicted molar refractivity (Wildman–Crippen MR) is 94.4 cm³/mol. The van der Waals surface area contributed by atoms with Crippen LogP contribution < -0.4 is 5.32 Å². The van der Waals surface area contributed by atoms with E-state index < -0.39 is 0 Å². The summed E-state index contributed by atoms with van der Waals surface area (Å²) in [6.07, 6.45) is 0. The molecule has 0 aliphatic heterocycles. The van der Waals surface area contributed by atoms with Crippen molar-refractivity contribution in [1.29, 1.82) is 0 Å². The third-order valence-corrected chi connectivity index (χ3v) is 5.02. The van der Waals surface area contributed by atoms with Gasteiger partial charge in [0.25, 0.3) is 0 Å². The van der Waals surface area contributed by atoms with Crippen LogP contribution in [0.2, 0.25) is 0 Å². The fourth-order valence-corrected chi connectivity index (χ4v) is 3.33. The van der Waals surface area contributed by atoms with Gasteiger partial charge in [0.2, 0.25) is 5.91 Å². The first-order valence-corrected chi connectivity index (χ1v) is 8.93. The first-order valence-electron chi connectivity index (χ1n) is 6.85. The molecule has 1 amide bonds. The van der Waals surface area contributed by atoms with E-state index in [4.69, 9.17) is 12.2 Å². The monoisotopic (exact) mass is 400 g/mol. The van der Waals surface area contributed by atoms with Gasteiger partial charge in [-0.2, -0.15) is 5.10 Å². The molecule has 22 heavy (non-hydrogen) atoms. The minimum absolute atomic E-state index is 0.0236. The summed E-state index contributed by atoms with van der Waals surface area (Å²) < 4.78 is 3.46. The van der Waals surface area contributed by atoms with Crippen molar-refractivity contribution in [2.45, 2.75) is 37.1 Å². The van der Waals surface area contributed by atoms with E-state index in [2.05, 4.69) is 31.4 Å². The Balaban J connectivity index is 1.91. The van der Waals surface area contributed by atoms with Crippen molar-refractivity contribution >= 4 is 45.8 Å². The number of rotatable bonds is 6. The summed E-state index contributed by atoms with van der Waals surface area (Å²) in [4.78, 5) is 13.2. The van der Waals surface area contributed by atoms with Crippen LogP contribution >= 0.6 is 39.9 Å². The van der Waals surface area contributed by atoms with Crippen molar-refractivity contribution in [3.05, 3.63) is 39.3 Å². The summed E-state index contributed by atoms with van der Waals surface area (Å²) in [5, 5.41) is 9.59. The summed E-state index contributed by atoms with van der Waals surface area (Å²) in [7, 11) is 0. The lowest BCUT2D eigenvalue weighted by molar-refractivity contribution is -0.120. The average molecular weight is 401 g/mol. The van der Waals surface area contributed by atoms with Crippen LogP contribution in [0.25, 0.3) is 0 Å². The van der Waals surface area contributed by atoms with Crippen molar-refractivity contribution in [3.63, 3.8) is 0 Å². The second-order valence-corrected chi connectivity index (χ2v) is 7.34. The summed E-state index contributed by atoms with van der Waals surface area (Å²) in [6.45, 7) is 4.97. The molecule has 1 unspecified atom stereocenters. The fraction of sp³-hybridized carbons (Fsp3) is 0.357. The van der Waals surface area contributed by atoms with Gasteiger partial charge in [-0.05, 0) is 50.3 Å². The van der Waals surface area contributed by atoms with E-state index in [1.54, 1.807) is 0 Å². The van der Waals surface area contributed by atoms with E-state index in [1.165, 1.54) is 11.8 Å². The highest BCUT2D eigenvalue weighted by Crippen LogP contribution is 2.24. The molecule has 0 aliphatic carbocycles. The molecule has 0 aliphatic rings. The smallest absolute Gasteiger partial charge is 0.233 e. The third-order valence-electron chi connectivity index (χ3n) is 3.07. The minimum atomic E-state index is -0.182. The molecule has 5 nitrogen and oxygen atoms in total. The van der Waals surface area contributed by atoms with E-state index in [-0.39, 0.29) is 11.2 Å². The van der Waals surface area contributed by atoms with Gasteiger partial charge in [0.1, 0.15) is 0 Å². The Morgan fingerprint density at radius 3 is 2.82 bits per heavy atom. The van der Waals surface area contributed by atoms with Crippen LogP contribution in [0.4, 0.5) is 0 Å². The van der Waals surface area contributed by atoms with Gasteiger partial charge in [-0.3, -0.25) is 9.89 Å². The van der Waals surface area contributed by atoms with Crippen LogP contribution in [0, 0.1) is 4.77 Å². The Morgan fingerprint density at radius 1 is 1.50 bits per heavy atom. The lowest BCUT2D eigenvalue weighted by Gasteiger charge is -2.12. The number of aromatic amines is 1. The average Bonchev–Trinajstić information content (AvgIpc) is 2.87. The molecule has 2 rings (SSSR count). The zero-order valence-electron chi connectivity index (χ0n) is 12.3. The minimum Gasteiger partial charge on any atom is -0.348 e. The van der Waals surface area contributed by atoms with E-state index in [1.807, 2.05) is 42.7 Å². The summed E-state index contributed by atoms with van der Waals surface area (Å²) in [5.74, 6) is 0.714. The molecular formula is C14H17BrN4OS2. The molecule has 2 N–H and O–H groups in total. The topological polar surface area (TPSA) is 62.7 Å². The lowest BCUT2D eigenvalue weighted by atomic mass is 10.4. The highest BCUT2D eigenvalue weighted by atomic mass is 79.9. The Hall–Kier alpha value is -1.12. The highest BCUT2D eigenvalue weighted by molar-refractivity contribution is 9.10.